The van der Waals surface area contributed by atoms with E-state index in [0.717, 1.165) is 25.3 Å². The molecule has 1 heterocycles. The van der Waals surface area contributed by atoms with Gasteiger partial charge in [0, 0.05) is 24.8 Å². The molecule has 3 rings (SSSR count). The average molecular weight is 271 g/mol. The summed E-state index contributed by atoms with van der Waals surface area (Å²) in [5, 5.41) is 0. The molecule has 2 aliphatic rings. The molecule has 3 nitrogen and oxygen atoms in total. The second kappa shape index (κ2) is 5.06. The number of fused-ring (bicyclic) bond motifs is 1. The van der Waals surface area contributed by atoms with E-state index in [4.69, 9.17) is 4.74 Å². The lowest BCUT2D eigenvalue weighted by Crippen LogP contribution is -2.46. The van der Waals surface area contributed by atoms with Gasteiger partial charge in [-0.25, -0.2) is 0 Å². The summed E-state index contributed by atoms with van der Waals surface area (Å²) in [6, 6.07) is 8.22. The van der Waals surface area contributed by atoms with Crippen LogP contribution in [0.5, 0.6) is 5.75 Å². The lowest BCUT2D eigenvalue weighted by atomic mass is 9.64. The van der Waals surface area contributed by atoms with Crippen LogP contribution in [0.1, 0.15) is 24.8 Å². The Morgan fingerprint density at radius 2 is 2.20 bits per heavy atom. The number of hydrogen-bond acceptors (Lipinski definition) is 3. The minimum absolute atomic E-state index is 0.101. The summed E-state index contributed by atoms with van der Waals surface area (Å²) in [6.45, 7) is 1.99. The maximum atomic E-state index is 12.0. The van der Waals surface area contributed by atoms with Crippen molar-refractivity contribution in [2.75, 3.05) is 27.2 Å². The van der Waals surface area contributed by atoms with Gasteiger partial charge in [0.2, 0.25) is 0 Å². The number of rotatable bonds is 2. The van der Waals surface area contributed by atoms with Crippen LogP contribution in [0, 0.1) is 0 Å². The fraction of sp³-hybridized carbons (Fsp3) is 0.471. The number of likely N-dealkylation sites (tertiary alicyclic amines) is 1. The van der Waals surface area contributed by atoms with E-state index in [0.29, 0.717) is 18.6 Å². The molecule has 1 aromatic rings. The predicted molar refractivity (Wildman–Crippen MR) is 79.1 cm³/mol. The van der Waals surface area contributed by atoms with Crippen LogP contribution in [0.2, 0.25) is 0 Å². The fourth-order valence-electron chi connectivity index (χ4n) is 3.52. The Balaban J connectivity index is 2.07. The Hall–Kier alpha value is -1.61. The van der Waals surface area contributed by atoms with E-state index in [9.17, 15) is 4.79 Å². The molecule has 3 heteroatoms. The summed E-state index contributed by atoms with van der Waals surface area (Å²) in [4.78, 5) is 14.4. The third kappa shape index (κ3) is 2.16. The first-order valence-corrected chi connectivity index (χ1v) is 7.18. The van der Waals surface area contributed by atoms with Crippen molar-refractivity contribution >= 4 is 5.78 Å². The lowest BCUT2D eigenvalue weighted by molar-refractivity contribution is -0.120. The van der Waals surface area contributed by atoms with Gasteiger partial charge >= 0.3 is 0 Å². The molecule has 0 radical (unpaired) electrons. The second-order valence-corrected chi connectivity index (χ2v) is 5.95. The SMILES string of the molecule is COc1cccc(C23CCN(C)CC2=CCC(=O)C3)c1. The first-order chi connectivity index (χ1) is 9.64. The van der Waals surface area contributed by atoms with Gasteiger partial charge in [0.15, 0.2) is 0 Å². The van der Waals surface area contributed by atoms with Gasteiger partial charge in [-0.05, 0) is 43.3 Å². The van der Waals surface area contributed by atoms with Crippen molar-refractivity contribution in [1.82, 2.24) is 4.90 Å². The highest BCUT2D eigenvalue weighted by molar-refractivity contribution is 5.84. The molecule has 1 aromatic carbocycles. The van der Waals surface area contributed by atoms with Crippen LogP contribution in [0.15, 0.2) is 35.9 Å². The third-order valence-corrected chi connectivity index (χ3v) is 4.67. The molecule has 0 spiro atoms. The molecule has 1 aliphatic carbocycles. The van der Waals surface area contributed by atoms with Crippen LogP contribution in [-0.4, -0.2) is 37.9 Å². The van der Waals surface area contributed by atoms with Crippen LogP contribution in [0.25, 0.3) is 0 Å². The predicted octanol–water partition coefficient (Wildman–Crippen LogP) is 2.56. The number of ketones is 1. The number of benzene rings is 1. The molecular formula is C17H21NO2. The molecule has 106 valence electrons. The van der Waals surface area contributed by atoms with Crippen molar-refractivity contribution in [3.63, 3.8) is 0 Å². The average Bonchev–Trinajstić information content (AvgIpc) is 2.47. The number of carbonyl (C=O) groups is 1. The lowest BCUT2D eigenvalue weighted by Gasteiger charge is -2.45. The van der Waals surface area contributed by atoms with E-state index >= 15 is 0 Å². The fourth-order valence-corrected chi connectivity index (χ4v) is 3.52. The summed E-state index contributed by atoms with van der Waals surface area (Å²) in [6.07, 6.45) is 4.39. The molecule has 1 fully saturated rings. The van der Waals surface area contributed by atoms with E-state index in [1.807, 2.05) is 12.1 Å². The minimum Gasteiger partial charge on any atom is -0.497 e. The molecule has 0 bridgehead atoms. The number of carbonyl (C=O) groups excluding carboxylic acids is 1. The Kier molecular flexibility index (Phi) is 3.38. The molecule has 0 N–H and O–H groups in total. The van der Waals surface area contributed by atoms with Gasteiger partial charge in [0.05, 0.1) is 7.11 Å². The number of nitrogens with zero attached hydrogens (tertiary/aromatic N) is 1. The van der Waals surface area contributed by atoms with Gasteiger partial charge in [-0.3, -0.25) is 4.79 Å². The van der Waals surface area contributed by atoms with Crippen LogP contribution in [0.3, 0.4) is 0 Å². The number of piperidine rings is 1. The molecule has 0 aromatic heterocycles. The van der Waals surface area contributed by atoms with Gasteiger partial charge in [-0.1, -0.05) is 18.2 Å². The largest absolute Gasteiger partial charge is 0.497 e. The van der Waals surface area contributed by atoms with Crippen molar-refractivity contribution < 1.29 is 9.53 Å². The molecule has 1 saturated heterocycles. The zero-order valence-corrected chi connectivity index (χ0v) is 12.2. The van der Waals surface area contributed by atoms with Gasteiger partial charge in [-0.2, -0.15) is 0 Å². The molecule has 20 heavy (non-hydrogen) atoms. The van der Waals surface area contributed by atoms with Crippen LogP contribution >= 0.6 is 0 Å². The monoisotopic (exact) mass is 271 g/mol. The van der Waals surface area contributed by atoms with Gasteiger partial charge in [-0.15, -0.1) is 0 Å². The number of Topliss-reactive ketones (excluding diaryl/α,β-unsaturated/α-hetero) is 1. The van der Waals surface area contributed by atoms with Crippen LogP contribution in [-0.2, 0) is 10.2 Å². The Bertz CT molecular complexity index is 564. The van der Waals surface area contributed by atoms with Crippen LogP contribution in [0.4, 0.5) is 0 Å². The molecular weight excluding hydrogens is 250 g/mol. The van der Waals surface area contributed by atoms with E-state index in [2.05, 4.69) is 30.2 Å². The Morgan fingerprint density at radius 1 is 1.35 bits per heavy atom. The Morgan fingerprint density at radius 3 is 3.00 bits per heavy atom. The summed E-state index contributed by atoms with van der Waals surface area (Å²) in [5.74, 6) is 1.22. The summed E-state index contributed by atoms with van der Waals surface area (Å²) >= 11 is 0. The smallest absolute Gasteiger partial charge is 0.137 e. The Labute approximate surface area is 120 Å². The highest BCUT2D eigenvalue weighted by atomic mass is 16.5. The maximum absolute atomic E-state index is 12.0. The topological polar surface area (TPSA) is 29.5 Å². The van der Waals surface area contributed by atoms with Crippen molar-refractivity contribution in [2.24, 2.45) is 0 Å². The maximum Gasteiger partial charge on any atom is 0.137 e. The zero-order valence-electron chi connectivity index (χ0n) is 12.2. The van der Waals surface area contributed by atoms with Crippen LogP contribution < -0.4 is 4.74 Å². The molecule has 0 amide bonds. The number of methoxy groups -OCH3 is 1. The normalized spacial score (nSPS) is 26.9. The highest BCUT2D eigenvalue weighted by Crippen LogP contribution is 2.45. The van der Waals surface area contributed by atoms with Crippen molar-refractivity contribution in [1.29, 1.82) is 0 Å². The second-order valence-electron chi connectivity index (χ2n) is 5.95. The van der Waals surface area contributed by atoms with Crippen molar-refractivity contribution in [3.8, 4) is 5.75 Å². The summed E-state index contributed by atoms with van der Waals surface area (Å²) in [5.41, 5.74) is 2.53. The quantitative estimate of drug-likeness (QED) is 0.774. The minimum atomic E-state index is -0.101. The molecule has 1 aliphatic heterocycles. The standard InChI is InChI=1S/C17H21NO2/c1-18-9-8-17(11-15(19)7-6-14(17)12-18)13-4-3-5-16(10-13)20-2/h3-6,10H,7-9,11-12H2,1-2H3. The number of allylic oxidation sites excluding steroid dienone is 1. The number of hydrogen-bond donors (Lipinski definition) is 0. The van der Waals surface area contributed by atoms with Gasteiger partial charge in [0.25, 0.3) is 0 Å². The highest BCUT2D eigenvalue weighted by Gasteiger charge is 2.43. The zero-order chi connectivity index (χ0) is 14.2. The molecule has 1 unspecified atom stereocenters. The first-order valence-electron chi connectivity index (χ1n) is 7.18. The van der Waals surface area contributed by atoms with E-state index in [1.54, 1.807) is 7.11 Å². The van der Waals surface area contributed by atoms with E-state index in [1.165, 1.54) is 11.1 Å². The number of ether oxygens (including phenoxy) is 1. The summed E-state index contributed by atoms with van der Waals surface area (Å²) in [7, 11) is 3.83. The van der Waals surface area contributed by atoms with Crippen molar-refractivity contribution in [2.45, 2.75) is 24.7 Å². The molecule has 1 atom stereocenters. The van der Waals surface area contributed by atoms with Crippen molar-refractivity contribution in [3.05, 3.63) is 41.5 Å². The molecule has 0 saturated carbocycles. The first kappa shape index (κ1) is 13.4. The van der Waals surface area contributed by atoms with E-state index < -0.39 is 0 Å². The van der Waals surface area contributed by atoms with E-state index in [-0.39, 0.29) is 5.41 Å². The third-order valence-electron chi connectivity index (χ3n) is 4.67. The van der Waals surface area contributed by atoms with Gasteiger partial charge < -0.3 is 9.64 Å². The summed E-state index contributed by atoms with van der Waals surface area (Å²) < 4.78 is 5.36. The number of likely N-dealkylation sites (N-methyl/N-ethyl adjacent to an activating group) is 1. The van der Waals surface area contributed by atoms with Gasteiger partial charge in [0.1, 0.15) is 11.5 Å².